The smallest absolute Gasteiger partial charge is 0.550 e. The van der Waals surface area contributed by atoms with Gasteiger partial charge in [0.1, 0.15) is 11.6 Å². The first kappa shape index (κ1) is 36.8. The molecule has 0 fully saturated rings. The van der Waals surface area contributed by atoms with Crippen molar-refractivity contribution in [3.63, 3.8) is 0 Å². The van der Waals surface area contributed by atoms with Crippen LogP contribution in [0.2, 0.25) is 0 Å². The number of carboxylic acids is 2. The average molecular weight is 426 g/mol. The summed E-state index contributed by atoms with van der Waals surface area (Å²) in [4.78, 5) is 39.7. The predicted molar refractivity (Wildman–Crippen MR) is 93.7 cm³/mol. The van der Waals surface area contributed by atoms with Gasteiger partial charge in [-0.25, -0.2) is 0 Å². The van der Waals surface area contributed by atoms with Crippen molar-refractivity contribution in [2.75, 3.05) is 13.2 Å². The normalized spacial score (nSPS) is 8.67. The van der Waals surface area contributed by atoms with Crippen LogP contribution in [0.5, 0.6) is 0 Å². The van der Waals surface area contributed by atoms with Crippen molar-refractivity contribution in [2.45, 2.75) is 67.2 Å². The monoisotopic (exact) mass is 426 g/mol. The van der Waals surface area contributed by atoms with Crippen molar-refractivity contribution in [3.8, 4) is 0 Å². The molecule has 0 aromatic carbocycles. The zero-order chi connectivity index (χ0) is 21.7. The molecule has 0 unspecified atom stereocenters. The van der Waals surface area contributed by atoms with E-state index in [1.165, 1.54) is 0 Å². The molecule has 0 bridgehead atoms. The van der Waals surface area contributed by atoms with Crippen LogP contribution in [-0.2, 0) is 40.9 Å². The molecule has 27 heavy (non-hydrogen) atoms. The minimum Gasteiger partial charge on any atom is -0.550 e. The third-order valence-corrected chi connectivity index (χ3v) is 2.20. The first-order chi connectivity index (χ1) is 11.9. The number of hydrogen-bond acceptors (Lipinski definition) is 8. The zero-order valence-corrected chi connectivity index (χ0v) is 18.8. The fraction of sp³-hybridized carbons (Fsp3) is 0.778. The molecule has 0 rings (SSSR count). The van der Waals surface area contributed by atoms with Crippen molar-refractivity contribution >= 4 is 23.5 Å². The summed E-state index contributed by atoms with van der Waals surface area (Å²) in [5.74, 6) is -2.28. The first-order valence-corrected chi connectivity index (χ1v) is 8.52. The number of ketones is 2. The largest absolute Gasteiger partial charge is 2.00 e. The molecule has 0 aliphatic rings. The minimum atomic E-state index is -1.29. The van der Waals surface area contributed by atoms with E-state index >= 15 is 0 Å². The van der Waals surface area contributed by atoms with Gasteiger partial charge in [-0.05, 0) is 11.8 Å². The SMILES string of the molecule is CC(C)CO.CC(C)CO.CCC(=O)CC(=O)[O-].CCC(=O)CC(=O)[O-].[Ti+2]. The molecule has 0 aromatic rings. The summed E-state index contributed by atoms with van der Waals surface area (Å²) in [6.07, 6.45) is -0.352. The van der Waals surface area contributed by atoms with Gasteiger partial charge in [0.15, 0.2) is 0 Å². The molecule has 0 atom stereocenters. The van der Waals surface area contributed by atoms with Gasteiger partial charge in [0.2, 0.25) is 0 Å². The summed E-state index contributed by atoms with van der Waals surface area (Å²) in [6, 6.07) is 0. The van der Waals surface area contributed by atoms with Gasteiger partial charge in [-0.2, -0.15) is 0 Å². The van der Waals surface area contributed by atoms with Crippen LogP contribution >= 0.6 is 0 Å². The Kier molecular flexibility index (Phi) is 37.0. The van der Waals surface area contributed by atoms with Gasteiger partial charge in [-0.3, -0.25) is 9.59 Å². The fourth-order valence-electron chi connectivity index (χ4n) is 0.572. The second-order valence-corrected chi connectivity index (χ2v) is 6.03. The Bertz CT molecular complexity index is 346. The maximum Gasteiger partial charge on any atom is 2.00 e. The third kappa shape index (κ3) is 58.8. The standard InChI is InChI=1S/2C5H8O3.2C4H10O.Ti/c2*1-2-4(6)3-5(7)8;2*1-4(2)3-5;/h2*2-3H2,1H3,(H,7,8);2*4-5H,3H2,1-2H3;/q;;;;+2/p-2. The van der Waals surface area contributed by atoms with Gasteiger partial charge in [0, 0.05) is 50.8 Å². The van der Waals surface area contributed by atoms with E-state index in [2.05, 4.69) is 0 Å². The molecule has 0 spiro atoms. The topological polar surface area (TPSA) is 155 Å². The minimum absolute atomic E-state index is 0. The summed E-state index contributed by atoms with van der Waals surface area (Å²) < 4.78 is 0. The van der Waals surface area contributed by atoms with Crippen LogP contribution < -0.4 is 10.2 Å². The Labute approximate surface area is 177 Å². The average Bonchev–Trinajstić information content (AvgIpc) is 2.54. The van der Waals surface area contributed by atoms with E-state index in [9.17, 15) is 29.4 Å². The maximum absolute atomic E-state index is 10.2. The molecule has 0 saturated heterocycles. The van der Waals surface area contributed by atoms with Crippen molar-refractivity contribution in [3.05, 3.63) is 0 Å². The number of Topliss-reactive ketones (excluding diaryl/α,β-unsaturated/α-hetero) is 2. The molecule has 2 N–H and O–H groups in total. The van der Waals surface area contributed by atoms with Gasteiger partial charge >= 0.3 is 21.7 Å². The van der Waals surface area contributed by atoms with Crippen LogP contribution in [0.4, 0.5) is 0 Å². The van der Waals surface area contributed by atoms with Crippen LogP contribution in [-0.4, -0.2) is 46.9 Å². The Morgan fingerprint density at radius 2 is 0.889 bits per heavy atom. The third-order valence-electron chi connectivity index (χ3n) is 2.20. The number of hydrogen-bond donors (Lipinski definition) is 2. The molecule has 8 nitrogen and oxygen atoms in total. The van der Waals surface area contributed by atoms with Crippen molar-refractivity contribution in [1.82, 2.24) is 0 Å². The molecular formula is C18H34O8Ti. The second-order valence-electron chi connectivity index (χ2n) is 6.03. The van der Waals surface area contributed by atoms with Gasteiger partial charge in [-0.1, -0.05) is 41.5 Å². The van der Waals surface area contributed by atoms with Crippen LogP contribution in [0.15, 0.2) is 0 Å². The van der Waals surface area contributed by atoms with E-state index in [1.807, 2.05) is 27.7 Å². The van der Waals surface area contributed by atoms with Crippen molar-refractivity contribution < 1.29 is 61.3 Å². The Morgan fingerprint density at radius 3 is 0.926 bits per heavy atom. The molecule has 0 aromatic heterocycles. The molecule has 0 aliphatic carbocycles. The van der Waals surface area contributed by atoms with Crippen molar-refractivity contribution in [2.24, 2.45) is 11.8 Å². The zero-order valence-electron chi connectivity index (χ0n) is 17.2. The summed E-state index contributed by atoms with van der Waals surface area (Å²) in [5, 5.41) is 35.6. The summed E-state index contributed by atoms with van der Waals surface area (Å²) >= 11 is 0. The van der Waals surface area contributed by atoms with E-state index in [-0.39, 0.29) is 46.1 Å². The van der Waals surface area contributed by atoms with E-state index in [0.29, 0.717) is 25.0 Å². The summed E-state index contributed by atoms with van der Waals surface area (Å²) in [5.41, 5.74) is 0. The van der Waals surface area contributed by atoms with Gasteiger partial charge in [0.25, 0.3) is 0 Å². The van der Waals surface area contributed by atoms with Crippen molar-refractivity contribution in [1.29, 1.82) is 0 Å². The number of carboxylic acid groups (broad SMARTS) is 2. The molecule has 158 valence electrons. The molecule has 0 aliphatic heterocycles. The predicted octanol–water partition coefficient (Wildman–Crippen LogP) is -0.522. The fourth-order valence-corrected chi connectivity index (χ4v) is 0.572. The Morgan fingerprint density at radius 1 is 0.704 bits per heavy atom. The van der Waals surface area contributed by atoms with Gasteiger partial charge in [-0.15, -0.1) is 0 Å². The van der Waals surface area contributed by atoms with Gasteiger partial charge in [0.05, 0.1) is 0 Å². The number of rotatable bonds is 8. The van der Waals surface area contributed by atoms with E-state index in [4.69, 9.17) is 10.2 Å². The molecule has 0 radical (unpaired) electrons. The Balaban J connectivity index is -0.0000000807. The molecule has 0 heterocycles. The second kappa shape index (κ2) is 27.1. The van der Waals surface area contributed by atoms with Crippen LogP contribution in [0.25, 0.3) is 0 Å². The summed E-state index contributed by atoms with van der Waals surface area (Å²) in [7, 11) is 0. The quantitative estimate of drug-likeness (QED) is 0.388. The number of aliphatic hydroxyl groups is 2. The van der Waals surface area contributed by atoms with E-state index in [1.54, 1.807) is 13.8 Å². The maximum atomic E-state index is 10.2. The summed E-state index contributed by atoms with van der Waals surface area (Å²) in [6.45, 7) is 11.7. The molecular weight excluding hydrogens is 392 g/mol. The van der Waals surface area contributed by atoms with E-state index in [0.717, 1.165) is 0 Å². The first-order valence-electron chi connectivity index (χ1n) is 8.52. The molecule has 0 saturated carbocycles. The van der Waals surface area contributed by atoms with Crippen LogP contribution in [0.1, 0.15) is 67.2 Å². The van der Waals surface area contributed by atoms with Crippen LogP contribution in [0.3, 0.4) is 0 Å². The van der Waals surface area contributed by atoms with Crippen LogP contribution in [0, 0.1) is 11.8 Å². The number of carbonyl (C=O) groups is 4. The number of carbonyl (C=O) groups excluding carboxylic acids is 4. The Hall–Kier alpha value is -1.09. The number of aliphatic hydroxyl groups excluding tert-OH is 2. The molecule has 0 amide bonds. The molecule has 9 heteroatoms. The van der Waals surface area contributed by atoms with E-state index < -0.39 is 24.8 Å². The van der Waals surface area contributed by atoms with Gasteiger partial charge < -0.3 is 30.0 Å². The number of aliphatic carboxylic acids is 2.